The SMILES string of the molecule is CCN(CC)CCCNc1cc(-c2ccc(OC)cc2)nc2ccccc12. The Bertz CT molecular complexity index is 857. The van der Waals surface area contributed by atoms with Crippen LogP contribution in [-0.4, -0.2) is 43.2 Å². The summed E-state index contributed by atoms with van der Waals surface area (Å²) < 4.78 is 5.27. The van der Waals surface area contributed by atoms with Crippen molar-refractivity contribution >= 4 is 16.6 Å². The Labute approximate surface area is 162 Å². The molecule has 4 nitrogen and oxygen atoms in total. The van der Waals surface area contributed by atoms with Gasteiger partial charge in [-0.3, -0.25) is 0 Å². The molecule has 0 fully saturated rings. The molecule has 1 aromatic heterocycles. The van der Waals surface area contributed by atoms with E-state index in [1.54, 1.807) is 7.11 Å². The summed E-state index contributed by atoms with van der Waals surface area (Å²) >= 11 is 0. The van der Waals surface area contributed by atoms with Gasteiger partial charge in [0.05, 0.1) is 18.3 Å². The Morgan fingerprint density at radius 1 is 1.00 bits per heavy atom. The largest absolute Gasteiger partial charge is 0.497 e. The number of hydrogen-bond donors (Lipinski definition) is 1. The van der Waals surface area contributed by atoms with Crippen LogP contribution in [0.1, 0.15) is 20.3 Å². The third-order valence-corrected chi connectivity index (χ3v) is 4.96. The monoisotopic (exact) mass is 363 g/mol. The second kappa shape index (κ2) is 9.38. The van der Waals surface area contributed by atoms with E-state index in [1.807, 2.05) is 18.2 Å². The topological polar surface area (TPSA) is 37.4 Å². The van der Waals surface area contributed by atoms with Crippen molar-refractivity contribution in [3.05, 3.63) is 54.6 Å². The number of rotatable bonds is 9. The quantitative estimate of drug-likeness (QED) is 0.540. The summed E-state index contributed by atoms with van der Waals surface area (Å²) in [7, 11) is 1.68. The molecule has 0 radical (unpaired) electrons. The van der Waals surface area contributed by atoms with Gasteiger partial charge in [-0.05, 0) is 62.5 Å². The van der Waals surface area contributed by atoms with Crippen molar-refractivity contribution in [3.8, 4) is 17.0 Å². The van der Waals surface area contributed by atoms with Gasteiger partial charge in [-0.2, -0.15) is 0 Å². The molecular formula is C23H29N3O. The van der Waals surface area contributed by atoms with E-state index in [9.17, 15) is 0 Å². The lowest BCUT2D eigenvalue weighted by atomic mass is 10.1. The third kappa shape index (κ3) is 4.77. The number of nitrogens with one attached hydrogen (secondary N) is 1. The summed E-state index contributed by atoms with van der Waals surface area (Å²) in [5.74, 6) is 0.856. The number of aromatic nitrogens is 1. The molecular weight excluding hydrogens is 334 g/mol. The lowest BCUT2D eigenvalue weighted by Gasteiger charge is -2.18. The number of nitrogens with zero attached hydrogens (tertiary/aromatic N) is 2. The fraction of sp³-hybridized carbons (Fsp3) is 0.348. The highest BCUT2D eigenvalue weighted by molar-refractivity contribution is 5.93. The molecule has 0 spiro atoms. The first-order chi connectivity index (χ1) is 13.2. The Balaban J connectivity index is 1.82. The maximum Gasteiger partial charge on any atom is 0.118 e. The summed E-state index contributed by atoms with van der Waals surface area (Å²) in [6, 6.07) is 18.5. The zero-order chi connectivity index (χ0) is 19.1. The van der Waals surface area contributed by atoms with Crippen LogP contribution in [0.5, 0.6) is 5.75 Å². The molecule has 27 heavy (non-hydrogen) atoms. The molecule has 142 valence electrons. The zero-order valence-corrected chi connectivity index (χ0v) is 16.5. The van der Waals surface area contributed by atoms with Gasteiger partial charge in [-0.25, -0.2) is 4.98 Å². The van der Waals surface area contributed by atoms with Gasteiger partial charge in [0.25, 0.3) is 0 Å². The van der Waals surface area contributed by atoms with Gasteiger partial charge in [-0.15, -0.1) is 0 Å². The van der Waals surface area contributed by atoms with Crippen LogP contribution in [0.25, 0.3) is 22.2 Å². The number of ether oxygens (including phenoxy) is 1. The fourth-order valence-electron chi connectivity index (χ4n) is 3.30. The summed E-state index contributed by atoms with van der Waals surface area (Å²) in [5, 5.41) is 4.80. The lowest BCUT2D eigenvalue weighted by Crippen LogP contribution is -2.25. The number of fused-ring (bicyclic) bond motifs is 1. The van der Waals surface area contributed by atoms with E-state index in [-0.39, 0.29) is 0 Å². The normalized spacial score (nSPS) is 11.1. The molecule has 0 bridgehead atoms. The van der Waals surface area contributed by atoms with Gasteiger partial charge in [0.2, 0.25) is 0 Å². The van der Waals surface area contributed by atoms with Crippen LogP contribution in [0.15, 0.2) is 54.6 Å². The highest BCUT2D eigenvalue weighted by atomic mass is 16.5. The highest BCUT2D eigenvalue weighted by Crippen LogP contribution is 2.29. The molecule has 0 aliphatic carbocycles. The molecule has 0 unspecified atom stereocenters. The molecule has 0 saturated carbocycles. The summed E-state index contributed by atoms with van der Waals surface area (Å²) in [6.07, 6.45) is 1.12. The maximum atomic E-state index is 5.27. The van der Waals surface area contributed by atoms with E-state index < -0.39 is 0 Å². The van der Waals surface area contributed by atoms with Gasteiger partial charge >= 0.3 is 0 Å². The van der Waals surface area contributed by atoms with E-state index in [1.165, 1.54) is 0 Å². The minimum absolute atomic E-state index is 0.856. The van der Waals surface area contributed by atoms with Crippen molar-refractivity contribution in [1.29, 1.82) is 0 Å². The minimum atomic E-state index is 0.856. The molecule has 0 aliphatic rings. The Morgan fingerprint density at radius 2 is 1.74 bits per heavy atom. The molecule has 0 saturated heterocycles. The van der Waals surface area contributed by atoms with Crippen LogP contribution in [0.2, 0.25) is 0 Å². The standard InChI is InChI=1S/C23H29N3O/c1-4-26(5-2)16-8-15-24-23-17-22(18-11-13-19(27-3)14-12-18)25-21-10-7-6-9-20(21)23/h6-7,9-14,17H,4-5,8,15-16H2,1-3H3,(H,24,25). The molecule has 3 rings (SSSR count). The van der Waals surface area contributed by atoms with Crippen LogP contribution in [0.4, 0.5) is 5.69 Å². The third-order valence-electron chi connectivity index (χ3n) is 4.96. The molecule has 0 amide bonds. The molecule has 0 atom stereocenters. The van der Waals surface area contributed by atoms with Gasteiger partial charge in [0.1, 0.15) is 5.75 Å². The lowest BCUT2D eigenvalue weighted by molar-refractivity contribution is 0.303. The molecule has 4 heteroatoms. The van der Waals surface area contributed by atoms with Crippen molar-refractivity contribution < 1.29 is 4.74 Å². The van der Waals surface area contributed by atoms with Gasteiger partial charge in [0, 0.05) is 23.2 Å². The molecule has 3 aromatic rings. The van der Waals surface area contributed by atoms with E-state index in [2.05, 4.69) is 60.5 Å². The Hall–Kier alpha value is -2.59. The second-order valence-electron chi connectivity index (χ2n) is 6.61. The number of anilines is 1. The number of para-hydroxylation sites is 1. The average Bonchev–Trinajstić information content (AvgIpc) is 2.73. The van der Waals surface area contributed by atoms with Gasteiger partial charge < -0.3 is 15.0 Å². The van der Waals surface area contributed by atoms with Crippen molar-refractivity contribution in [1.82, 2.24) is 9.88 Å². The Kier molecular flexibility index (Phi) is 6.66. The van der Waals surface area contributed by atoms with E-state index in [0.29, 0.717) is 0 Å². The van der Waals surface area contributed by atoms with Crippen molar-refractivity contribution in [3.63, 3.8) is 0 Å². The average molecular weight is 364 g/mol. The van der Waals surface area contributed by atoms with Crippen LogP contribution < -0.4 is 10.1 Å². The van der Waals surface area contributed by atoms with Crippen LogP contribution in [-0.2, 0) is 0 Å². The summed E-state index contributed by atoms with van der Waals surface area (Å²) in [6.45, 7) is 8.72. The number of hydrogen-bond acceptors (Lipinski definition) is 4. The first-order valence-electron chi connectivity index (χ1n) is 9.75. The summed E-state index contributed by atoms with van der Waals surface area (Å²) in [5.41, 5.74) is 4.22. The molecule has 0 aliphatic heterocycles. The highest BCUT2D eigenvalue weighted by Gasteiger charge is 2.08. The van der Waals surface area contributed by atoms with E-state index >= 15 is 0 Å². The Morgan fingerprint density at radius 3 is 2.44 bits per heavy atom. The van der Waals surface area contributed by atoms with E-state index in [4.69, 9.17) is 9.72 Å². The zero-order valence-electron chi connectivity index (χ0n) is 16.5. The molecule has 1 heterocycles. The van der Waals surface area contributed by atoms with Crippen molar-refractivity contribution in [2.24, 2.45) is 0 Å². The minimum Gasteiger partial charge on any atom is -0.497 e. The second-order valence-corrected chi connectivity index (χ2v) is 6.61. The predicted octanol–water partition coefficient (Wildman–Crippen LogP) is 5.05. The van der Waals surface area contributed by atoms with Gasteiger partial charge in [-0.1, -0.05) is 32.0 Å². The van der Waals surface area contributed by atoms with Crippen molar-refractivity contribution in [2.45, 2.75) is 20.3 Å². The molecule has 1 N–H and O–H groups in total. The van der Waals surface area contributed by atoms with Crippen LogP contribution in [0.3, 0.4) is 0 Å². The predicted molar refractivity (Wildman–Crippen MR) is 115 cm³/mol. The summed E-state index contributed by atoms with van der Waals surface area (Å²) in [4.78, 5) is 7.31. The van der Waals surface area contributed by atoms with Crippen LogP contribution in [0, 0.1) is 0 Å². The van der Waals surface area contributed by atoms with Crippen LogP contribution >= 0.6 is 0 Å². The number of methoxy groups -OCH3 is 1. The fourth-order valence-corrected chi connectivity index (χ4v) is 3.30. The smallest absolute Gasteiger partial charge is 0.118 e. The number of benzene rings is 2. The van der Waals surface area contributed by atoms with Crippen molar-refractivity contribution in [2.75, 3.05) is 38.6 Å². The maximum absolute atomic E-state index is 5.27. The molecule has 2 aromatic carbocycles. The van der Waals surface area contributed by atoms with Gasteiger partial charge in [0.15, 0.2) is 0 Å². The first kappa shape index (κ1) is 19.2. The first-order valence-corrected chi connectivity index (χ1v) is 9.75. The number of pyridine rings is 1. The van der Waals surface area contributed by atoms with E-state index in [0.717, 1.165) is 66.2 Å².